The van der Waals surface area contributed by atoms with E-state index in [0.717, 1.165) is 65.6 Å². The predicted molar refractivity (Wildman–Crippen MR) is 154 cm³/mol. The van der Waals surface area contributed by atoms with E-state index < -0.39 is 0 Å². The van der Waals surface area contributed by atoms with Gasteiger partial charge in [-0.3, -0.25) is 4.90 Å². The summed E-state index contributed by atoms with van der Waals surface area (Å²) in [5, 5.41) is 20.7. The molecule has 2 N–H and O–H groups in total. The first-order valence-electron chi connectivity index (χ1n) is 14.0. The number of allylic oxidation sites excluding steroid dienone is 1. The van der Waals surface area contributed by atoms with Crippen LogP contribution in [0.15, 0.2) is 66.7 Å². The van der Waals surface area contributed by atoms with Gasteiger partial charge in [0, 0.05) is 29.9 Å². The monoisotopic (exact) mass is 510 g/mol. The minimum atomic E-state index is 0.000374. The second-order valence-electron chi connectivity index (χ2n) is 11.4. The molecule has 3 aromatic rings. The molecule has 1 unspecified atom stereocenters. The van der Waals surface area contributed by atoms with E-state index in [9.17, 15) is 10.2 Å². The molecule has 2 heterocycles. The van der Waals surface area contributed by atoms with Gasteiger partial charge in [-0.25, -0.2) is 0 Å². The van der Waals surface area contributed by atoms with Crippen LogP contribution in [0.1, 0.15) is 62.8 Å². The van der Waals surface area contributed by atoms with Crippen LogP contribution in [0.4, 0.5) is 5.69 Å². The van der Waals surface area contributed by atoms with Crippen molar-refractivity contribution in [3.05, 3.63) is 83.4 Å². The first-order valence-corrected chi connectivity index (χ1v) is 14.0. The van der Waals surface area contributed by atoms with E-state index in [1.807, 2.05) is 18.2 Å². The standard InChI is InChI=1S/C33H38N2O3/c1-21-15-16-34(19-21)22(2)20-38-29-12-7-24(8-13-29)33-32(25-5-4-6-27(36)17-25)23(3)30-18-28(37)11-14-31(30)35(33)26-9-10-26/h4-8,11-14,17-18,21-22,26,33,36-37H,9-10,15-16,19-20H2,1-3H3/t21-,22+,33?/m1/s1. The molecule has 0 amide bonds. The molecule has 0 spiro atoms. The Morgan fingerprint density at radius 1 is 0.947 bits per heavy atom. The number of ether oxygens (including phenoxy) is 1. The smallest absolute Gasteiger partial charge is 0.119 e. The highest BCUT2D eigenvalue weighted by Gasteiger charge is 2.41. The molecule has 5 heteroatoms. The molecular formula is C33H38N2O3. The first-order chi connectivity index (χ1) is 18.4. The highest BCUT2D eigenvalue weighted by atomic mass is 16.5. The molecule has 2 aliphatic heterocycles. The number of anilines is 1. The summed E-state index contributed by atoms with van der Waals surface area (Å²) >= 11 is 0. The summed E-state index contributed by atoms with van der Waals surface area (Å²) in [5.41, 5.74) is 6.69. The molecule has 5 nitrogen and oxygen atoms in total. The molecule has 38 heavy (non-hydrogen) atoms. The summed E-state index contributed by atoms with van der Waals surface area (Å²) in [6.07, 6.45) is 3.57. The number of hydrogen-bond acceptors (Lipinski definition) is 5. The third kappa shape index (κ3) is 4.76. The molecular weight excluding hydrogens is 472 g/mol. The van der Waals surface area contributed by atoms with Crippen molar-refractivity contribution in [3.8, 4) is 17.2 Å². The lowest BCUT2D eigenvalue weighted by molar-refractivity contribution is 0.169. The van der Waals surface area contributed by atoms with E-state index in [1.54, 1.807) is 12.1 Å². The molecule has 6 rings (SSSR count). The van der Waals surface area contributed by atoms with E-state index >= 15 is 0 Å². The van der Waals surface area contributed by atoms with Crippen molar-refractivity contribution in [3.63, 3.8) is 0 Å². The third-order valence-electron chi connectivity index (χ3n) is 8.48. The van der Waals surface area contributed by atoms with Gasteiger partial charge in [-0.05, 0) is 110 Å². The van der Waals surface area contributed by atoms with Gasteiger partial charge < -0.3 is 19.8 Å². The van der Waals surface area contributed by atoms with Crippen LogP contribution in [0, 0.1) is 5.92 Å². The van der Waals surface area contributed by atoms with Crippen LogP contribution in [-0.2, 0) is 0 Å². The van der Waals surface area contributed by atoms with Crippen LogP contribution >= 0.6 is 0 Å². The van der Waals surface area contributed by atoms with Gasteiger partial charge in [-0.1, -0.05) is 31.2 Å². The average Bonchev–Trinajstić information content (AvgIpc) is 3.66. The van der Waals surface area contributed by atoms with E-state index in [1.165, 1.54) is 12.0 Å². The molecule has 3 aromatic carbocycles. The number of fused-ring (bicyclic) bond motifs is 1. The topological polar surface area (TPSA) is 56.2 Å². The van der Waals surface area contributed by atoms with Crippen LogP contribution in [0.5, 0.6) is 17.2 Å². The van der Waals surface area contributed by atoms with Crippen molar-refractivity contribution in [2.75, 3.05) is 24.6 Å². The minimum Gasteiger partial charge on any atom is -0.508 e. The van der Waals surface area contributed by atoms with Gasteiger partial charge in [0.25, 0.3) is 0 Å². The van der Waals surface area contributed by atoms with Crippen LogP contribution in [-0.4, -0.2) is 46.9 Å². The minimum absolute atomic E-state index is 0.000374. The quantitative estimate of drug-likeness (QED) is 0.364. The number of nitrogens with zero attached hydrogens (tertiary/aromatic N) is 2. The van der Waals surface area contributed by atoms with Gasteiger partial charge in [0.15, 0.2) is 0 Å². The molecule has 3 aliphatic rings. The number of phenols is 2. The molecule has 1 saturated carbocycles. The number of benzene rings is 3. The average molecular weight is 511 g/mol. The summed E-state index contributed by atoms with van der Waals surface area (Å²) in [4.78, 5) is 5.05. The van der Waals surface area contributed by atoms with Gasteiger partial charge >= 0.3 is 0 Å². The highest BCUT2D eigenvalue weighted by Crippen LogP contribution is 2.53. The number of aromatic hydroxyl groups is 2. The fourth-order valence-corrected chi connectivity index (χ4v) is 6.25. The molecule has 3 atom stereocenters. The molecule has 198 valence electrons. The lowest BCUT2D eigenvalue weighted by Crippen LogP contribution is -2.35. The first kappa shape index (κ1) is 24.9. The summed E-state index contributed by atoms with van der Waals surface area (Å²) < 4.78 is 6.23. The van der Waals surface area contributed by atoms with Crippen LogP contribution < -0.4 is 9.64 Å². The molecule has 0 aromatic heterocycles. The van der Waals surface area contributed by atoms with E-state index in [-0.39, 0.29) is 17.5 Å². The van der Waals surface area contributed by atoms with Crippen LogP contribution in [0.25, 0.3) is 11.1 Å². The fraction of sp³-hybridized carbons (Fsp3) is 0.394. The van der Waals surface area contributed by atoms with Crippen molar-refractivity contribution in [1.82, 2.24) is 4.90 Å². The number of hydrogen-bond donors (Lipinski definition) is 2. The summed E-state index contributed by atoms with van der Waals surface area (Å²) in [7, 11) is 0. The Bertz CT molecular complexity index is 1340. The normalized spacial score (nSPS) is 22.4. The van der Waals surface area contributed by atoms with Gasteiger partial charge in [-0.15, -0.1) is 0 Å². The van der Waals surface area contributed by atoms with Crippen molar-refractivity contribution in [2.24, 2.45) is 5.92 Å². The second-order valence-corrected chi connectivity index (χ2v) is 11.4. The van der Waals surface area contributed by atoms with Crippen LogP contribution in [0.2, 0.25) is 0 Å². The maximum absolute atomic E-state index is 10.4. The summed E-state index contributed by atoms with van der Waals surface area (Å²) in [6, 6.07) is 22.7. The maximum atomic E-state index is 10.4. The zero-order valence-corrected chi connectivity index (χ0v) is 22.6. The van der Waals surface area contributed by atoms with E-state index in [2.05, 4.69) is 67.0 Å². The lowest BCUT2D eigenvalue weighted by Gasteiger charge is -2.42. The van der Waals surface area contributed by atoms with E-state index in [0.29, 0.717) is 18.7 Å². The van der Waals surface area contributed by atoms with Crippen molar-refractivity contribution in [1.29, 1.82) is 0 Å². The molecule has 0 radical (unpaired) electrons. The Morgan fingerprint density at radius 3 is 2.39 bits per heavy atom. The number of rotatable bonds is 7. The fourth-order valence-electron chi connectivity index (χ4n) is 6.25. The Labute approximate surface area is 226 Å². The SMILES string of the molecule is CC1=C(c2cccc(O)c2)C(c2ccc(OC[C@H](C)N3CC[C@@H](C)C3)cc2)N(C2CC2)c2ccc(O)cc21. The molecule has 2 fully saturated rings. The highest BCUT2D eigenvalue weighted by molar-refractivity contribution is 6.01. The molecule has 1 saturated heterocycles. The van der Waals surface area contributed by atoms with Gasteiger partial charge in [0.2, 0.25) is 0 Å². The maximum Gasteiger partial charge on any atom is 0.119 e. The zero-order valence-electron chi connectivity index (χ0n) is 22.6. The summed E-state index contributed by atoms with van der Waals surface area (Å²) in [5.74, 6) is 2.19. The Hall–Kier alpha value is -3.44. The van der Waals surface area contributed by atoms with Gasteiger partial charge in [0.05, 0.1) is 6.04 Å². The zero-order chi connectivity index (χ0) is 26.4. The molecule has 0 bridgehead atoms. The second kappa shape index (κ2) is 10.0. The predicted octanol–water partition coefficient (Wildman–Crippen LogP) is 6.86. The van der Waals surface area contributed by atoms with Crippen molar-refractivity contribution in [2.45, 2.75) is 58.2 Å². The third-order valence-corrected chi connectivity index (χ3v) is 8.48. The Morgan fingerprint density at radius 2 is 1.71 bits per heavy atom. The Balaban J connectivity index is 1.34. The molecule has 1 aliphatic carbocycles. The van der Waals surface area contributed by atoms with E-state index in [4.69, 9.17) is 4.74 Å². The number of phenolic OH excluding ortho intramolecular Hbond substituents is 2. The summed E-state index contributed by atoms with van der Waals surface area (Å²) in [6.45, 7) is 9.72. The Kier molecular flexibility index (Phi) is 6.56. The lowest BCUT2D eigenvalue weighted by atomic mass is 9.81. The van der Waals surface area contributed by atoms with Gasteiger partial charge in [-0.2, -0.15) is 0 Å². The number of likely N-dealkylation sites (tertiary alicyclic amines) is 1. The van der Waals surface area contributed by atoms with Crippen LogP contribution in [0.3, 0.4) is 0 Å². The largest absolute Gasteiger partial charge is 0.508 e. The van der Waals surface area contributed by atoms with Crippen molar-refractivity contribution < 1.29 is 14.9 Å². The van der Waals surface area contributed by atoms with Crippen molar-refractivity contribution >= 4 is 16.8 Å². The van der Waals surface area contributed by atoms with Gasteiger partial charge in [0.1, 0.15) is 23.9 Å².